The monoisotopic (exact) mass is 281 g/mol. The molecule has 4 nitrogen and oxygen atoms in total. The van der Waals surface area contributed by atoms with Crippen molar-refractivity contribution in [1.29, 1.82) is 0 Å². The first-order valence-corrected chi connectivity index (χ1v) is 7.43. The van der Waals surface area contributed by atoms with Gasteiger partial charge in [-0.2, -0.15) is 0 Å². The van der Waals surface area contributed by atoms with Crippen LogP contribution < -0.4 is 4.74 Å². The van der Waals surface area contributed by atoms with Gasteiger partial charge in [-0.1, -0.05) is 13.8 Å². The molecule has 108 valence electrons. The molecule has 0 bridgehead atoms. The highest BCUT2D eigenvalue weighted by Crippen LogP contribution is 2.37. The van der Waals surface area contributed by atoms with E-state index in [-0.39, 0.29) is 0 Å². The molecule has 0 aliphatic carbocycles. The second kappa shape index (κ2) is 4.38. The van der Waals surface area contributed by atoms with Crippen LogP contribution >= 0.6 is 0 Å². The molecular formula is C17H19N3O. The summed E-state index contributed by atoms with van der Waals surface area (Å²) in [5.74, 6) is 2.53. The van der Waals surface area contributed by atoms with E-state index in [4.69, 9.17) is 4.74 Å². The molecule has 1 N–H and O–H groups in total. The Labute approximate surface area is 123 Å². The van der Waals surface area contributed by atoms with Gasteiger partial charge in [0.05, 0.1) is 24.7 Å². The van der Waals surface area contributed by atoms with E-state index < -0.39 is 0 Å². The normalized spacial score (nSPS) is 13.5. The van der Waals surface area contributed by atoms with Gasteiger partial charge in [0, 0.05) is 23.4 Å². The minimum atomic E-state index is 0.449. The molecule has 1 aliphatic heterocycles. The zero-order valence-corrected chi connectivity index (χ0v) is 12.6. The minimum absolute atomic E-state index is 0.449. The molecule has 0 saturated carbocycles. The Kier molecular flexibility index (Phi) is 2.61. The fourth-order valence-corrected chi connectivity index (χ4v) is 3.34. The minimum Gasteiger partial charge on any atom is -0.497 e. The van der Waals surface area contributed by atoms with Crippen LogP contribution in [0.1, 0.15) is 31.2 Å². The summed E-state index contributed by atoms with van der Waals surface area (Å²) in [5, 5.41) is 1.27. The molecule has 0 radical (unpaired) electrons. The number of hydrogen-bond donors (Lipinski definition) is 1. The first-order chi connectivity index (χ1) is 10.2. The van der Waals surface area contributed by atoms with E-state index in [1.54, 1.807) is 7.11 Å². The second-order valence-electron chi connectivity index (χ2n) is 5.95. The van der Waals surface area contributed by atoms with Crippen molar-refractivity contribution >= 4 is 10.9 Å². The van der Waals surface area contributed by atoms with E-state index in [0.717, 1.165) is 18.7 Å². The van der Waals surface area contributed by atoms with Gasteiger partial charge in [-0.25, -0.2) is 4.98 Å². The number of nitrogens with one attached hydrogen (secondary N) is 1. The van der Waals surface area contributed by atoms with E-state index >= 15 is 0 Å². The predicted octanol–water partition coefficient (Wildman–Crippen LogP) is 3.72. The van der Waals surface area contributed by atoms with Crippen LogP contribution in [0.4, 0.5) is 0 Å². The van der Waals surface area contributed by atoms with Crippen LogP contribution in [0.3, 0.4) is 0 Å². The Morgan fingerprint density at radius 3 is 2.95 bits per heavy atom. The fourth-order valence-electron chi connectivity index (χ4n) is 3.34. The summed E-state index contributed by atoms with van der Waals surface area (Å²) < 4.78 is 7.70. The number of hydrogen-bond acceptors (Lipinski definition) is 2. The number of fused-ring (bicyclic) bond motifs is 5. The maximum absolute atomic E-state index is 5.36. The van der Waals surface area contributed by atoms with Gasteiger partial charge in [0.1, 0.15) is 11.6 Å². The molecule has 3 aromatic rings. The van der Waals surface area contributed by atoms with Crippen LogP contribution in [0.25, 0.3) is 22.3 Å². The number of aryl methyl sites for hydroxylation is 1. The fraction of sp³-hybridized carbons (Fsp3) is 0.353. The first kappa shape index (κ1) is 12.5. The highest BCUT2D eigenvalue weighted by Gasteiger charge is 2.24. The van der Waals surface area contributed by atoms with Crippen molar-refractivity contribution in [3.8, 4) is 17.1 Å². The number of benzene rings is 1. The molecule has 0 saturated heterocycles. The summed E-state index contributed by atoms with van der Waals surface area (Å²) in [6.45, 7) is 5.39. The van der Waals surface area contributed by atoms with Crippen LogP contribution in [-0.4, -0.2) is 21.6 Å². The van der Waals surface area contributed by atoms with E-state index in [1.165, 1.54) is 33.7 Å². The van der Waals surface area contributed by atoms with Gasteiger partial charge in [0.2, 0.25) is 0 Å². The third-order valence-corrected chi connectivity index (χ3v) is 4.36. The number of methoxy groups -OCH3 is 1. The molecule has 0 unspecified atom stereocenters. The molecule has 1 aliphatic rings. The number of rotatable bonds is 2. The van der Waals surface area contributed by atoms with Crippen LogP contribution in [0, 0.1) is 0 Å². The maximum Gasteiger partial charge on any atom is 0.119 e. The average molecular weight is 281 g/mol. The topological polar surface area (TPSA) is 42.8 Å². The molecule has 0 fully saturated rings. The highest BCUT2D eigenvalue weighted by atomic mass is 16.5. The van der Waals surface area contributed by atoms with Crippen LogP contribution in [0.2, 0.25) is 0 Å². The summed E-state index contributed by atoms with van der Waals surface area (Å²) >= 11 is 0. The van der Waals surface area contributed by atoms with Crippen LogP contribution in [0.5, 0.6) is 5.75 Å². The Morgan fingerprint density at radius 1 is 1.33 bits per heavy atom. The van der Waals surface area contributed by atoms with Crippen molar-refractivity contribution in [2.75, 3.05) is 7.11 Å². The zero-order chi connectivity index (χ0) is 14.6. The average Bonchev–Trinajstić information content (AvgIpc) is 3.07. The molecule has 21 heavy (non-hydrogen) atoms. The third kappa shape index (κ3) is 1.71. The van der Waals surface area contributed by atoms with Crippen molar-refractivity contribution in [2.24, 2.45) is 0 Å². The SMILES string of the molecule is COc1ccc2[nH]c3c(c2c1)CCn1c-3cnc1C(C)C. The summed E-state index contributed by atoms with van der Waals surface area (Å²) in [6, 6.07) is 6.22. The van der Waals surface area contributed by atoms with E-state index in [2.05, 4.69) is 40.5 Å². The standard InChI is InChI=1S/C17H19N3O/c1-10(2)17-18-9-15-16-12(6-7-20(15)17)13-8-11(21-3)4-5-14(13)19-16/h4-5,8-10,19H,6-7H2,1-3H3. The largest absolute Gasteiger partial charge is 0.497 e. The predicted molar refractivity (Wildman–Crippen MR) is 83.9 cm³/mol. The number of aromatic amines is 1. The summed E-state index contributed by atoms with van der Waals surface area (Å²) in [4.78, 5) is 8.18. The maximum atomic E-state index is 5.36. The summed E-state index contributed by atoms with van der Waals surface area (Å²) in [7, 11) is 1.71. The Bertz CT molecular complexity index is 826. The molecule has 0 atom stereocenters. The number of H-pyrrole nitrogens is 1. The van der Waals surface area contributed by atoms with Gasteiger partial charge in [-0.15, -0.1) is 0 Å². The number of imidazole rings is 1. The van der Waals surface area contributed by atoms with Crippen LogP contribution in [0.15, 0.2) is 24.4 Å². The van der Waals surface area contributed by atoms with Crippen molar-refractivity contribution in [3.63, 3.8) is 0 Å². The lowest BCUT2D eigenvalue weighted by Gasteiger charge is -2.19. The van der Waals surface area contributed by atoms with E-state index in [9.17, 15) is 0 Å². The molecule has 0 spiro atoms. The smallest absolute Gasteiger partial charge is 0.119 e. The second-order valence-corrected chi connectivity index (χ2v) is 5.95. The van der Waals surface area contributed by atoms with Gasteiger partial charge in [-0.05, 0) is 30.2 Å². The molecule has 4 rings (SSSR count). The van der Waals surface area contributed by atoms with Gasteiger partial charge < -0.3 is 14.3 Å². The quantitative estimate of drug-likeness (QED) is 0.778. The van der Waals surface area contributed by atoms with E-state index in [1.807, 2.05) is 12.3 Å². The molecule has 1 aromatic carbocycles. The number of ether oxygens (including phenoxy) is 1. The molecular weight excluding hydrogens is 262 g/mol. The Hall–Kier alpha value is -2.23. The third-order valence-electron chi connectivity index (χ3n) is 4.36. The van der Waals surface area contributed by atoms with Crippen molar-refractivity contribution in [2.45, 2.75) is 32.7 Å². The first-order valence-electron chi connectivity index (χ1n) is 7.43. The van der Waals surface area contributed by atoms with Gasteiger partial charge in [0.25, 0.3) is 0 Å². The molecule has 4 heteroatoms. The summed E-state index contributed by atoms with van der Waals surface area (Å²) in [5.41, 5.74) is 4.96. The lowest BCUT2D eigenvalue weighted by Crippen LogP contribution is -2.13. The number of nitrogens with zero attached hydrogens (tertiary/aromatic N) is 2. The Balaban J connectivity index is 1.95. The molecule has 2 aromatic heterocycles. The lowest BCUT2D eigenvalue weighted by atomic mass is 10.0. The van der Waals surface area contributed by atoms with Crippen molar-refractivity contribution < 1.29 is 4.74 Å². The van der Waals surface area contributed by atoms with E-state index in [0.29, 0.717) is 5.92 Å². The highest BCUT2D eigenvalue weighted by molar-refractivity contribution is 5.91. The zero-order valence-electron chi connectivity index (χ0n) is 12.6. The molecule has 3 heterocycles. The summed E-state index contributed by atoms with van der Waals surface area (Å²) in [6.07, 6.45) is 3.03. The van der Waals surface area contributed by atoms with Gasteiger partial charge in [0.15, 0.2) is 0 Å². The Morgan fingerprint density at radius 2 is 2.19 bits per heavy atom. The molecule has 0 amide bonds. The van der Waals surface area contributed by atoms with Crippen LogP contribution in [-0.2, 0) is 13.0 Å². The van der Waals surface area contributed by atoms with Crippen molar-refractivity contribution in [3.05, 3.63) is 35.8 Å². The lowest BCUT2D eigenvalue weighted by molar-refractivity contribution is 0.415. The van der Waals surface area contributed by atoms with Gasteiger partial charge in [-0.3, -0.25) is 0 Å². The number of aromatic nitrogens is 3. The van der Waals surface area contributed by atoms with Gasteiger partial charge >= 0.3 is 0 Å². The van der Waals surface area contributed by atoms with Crippen molar-refractivity contribution in [1.82, 2.24) is 14.5 Å².